The number of aliphatic carboxylic acids is 1. The molecular weight excluding hydrogens is 280 g/mol. The zero-order valence-corrected chi connectivity index (χ0v) is 12.2. The van der Waals surface area contributed by atoms with Gasteiger partial charge < -0.3 is 15.3 Å². The molecule has 0 atom stereocenters. The maximum absolute atomic E-state index is 12.0. The molecule has 0 aromatic carbocycles. The van der Waals surface area contributed by atoms with Crippen LogP contribution in [-0.4, -0.2) is 64.6 Å². The molecule has 0 radical (unpaired) electrons. The summed E-state index contributed by atoms with van der Waals surface area (Å²) in [5, 5.41) is 14.4. The van der Waals surface area contributed by atoms with Crippen molar-refractivity contribution in [3.05, 3.63) is 16.1 Å². The Labute approximate surface area is 121 Å². The van der Waals surface area contributed by atoms with Gasteiger partial charge in [0.2, 0.25) is 0 Å². The molecule has 1 aromatic heterocycles. The molecule has 110 valence electrons. The van der Waals surface area contributed by atoms with Crippen LogP contribution in [0, 0.1) is 6.92 Å². The number of nitrogens with zero attached hydrogens (tertiary/aromatic N) is 3. The lowest BCUT2D eigenvalue weighted by Crippen LogP contribution is -2.52. The number of carboxylic acids is 1. The number of nitrogens with one attached hydrogen (secondary N) is 1. The van der Waals surface area contributed by atoms with Gasteiger partial charge in [-0.05, 0) is 6.92 Å². The molecule has 2 N–H and O–H groups in total. The Morgan fingerprint density at radius 3 is 2.65 bits per heavy atom. The van der Waals surface area contributed by atoms with Gasteiger partial charge >= 0.3 is 12.0 Å². The van der Waals surface area contributed by atoms with Crippen molar-refractivity contribution in [2.45, 2.75) is 13.5 Å². The van der Waals surface area contributed by atoms with Crippen LogP contribution in [0.5, 0.6) is 0 Å². The molecule has 0 saturated carbocycles. The minimum Gasteiger partial charge on any atom is -0.480 e. The van der Waals surface area contributed by atoms with Crippen LogP contribution in [0.3, 0.4) is 0 Å². The van der Waals surface area contributed by atoms with Crippen LogP contribution in [0.1, 0.15) is 10.7 Å². The molecule has 0 bridgehead atoms. The van der Waals surface area contributed by atoms with Gasteiger partial charge in [-0.15, -0.1) is 11.3 Å². The molecule has 1 aromatic rings. The number of aromatic nitrogens is 1. The van der Waals surface area contributed by atoms with Gasteiger partial charge in [0, 0.05) is 37.3 Å². The van der Waals surface area contributed by atoms with Crippen LogP contribution < -0.4 is 5.32 Å². The molecule has 2 rings (SSSR count). The number of carbonyl (C=O) groups is 2. The van der Waals surface area contributed by atoms with Crippen molar-refractivity contribution in [3.63, 3.8) is 0 Å². The Hall–Kier alpha value is -1.67. The number of carbonyl (C=O) groups excluding carboxylic acids is 1. The van der Waals surface area contributed by atoms with E-state index in [4.69, 9.17) is 5.11 Å². The number of urea groups is 1. The fourth-order valence-corrected chi connectivity index (χ4v) is 2.76. The topological polar surface area (TPSA) is 85.8 Å². The normalized spacial score (nSPS) is 16.1. The molecule has 1 aliphatic rings. The standard InChI is InChI=1S/C12H18N4O3S/c1-9-8-20-10(14-9)6-13-12(19)16-4-2-15(3-5-16)7-11(17)18/h8H,2-7H2,1H3,(H,13,19)(H,17,18). The summed E-state index contributed by atoms with van der Waals surface area (Å²) in [5.74, 6) is -0.831. The highest BCUT2D eigenvalue weighted by Gasteiger charge is 2.22. The highest BCUT2D eigenvalue weighted by Crippen LogP contribution is 2.08. The molecule has 2 heterocycles. The van der Waals surface area contributed by atoms with Crippen LogP contribution in [0.25, 0.3) is 0 Å². The Morgan fingerprint density at radius 1 is 1.40 bits per heavy atom. The van der Waals surface area contributed by atoms with E-state index in [1.807, 2.05) is 17.2 Å². The summed E-state index contributed by atoms with van der Waals surface area (Å²) in [4.78, 5) is 30.4. The van der Waals surface area contributed by atoms with E-state index >= 15 is 0 Å². The zero-order chi connectivity index (χ0) is 14.5. The molecule has 0 aliphatic carbocycles. The van der Waals surface area contributed by atoms with Crippen molar-refractivity contribution in [2.75, 3.05) is 32.7 Å². The minimum atomic E-state index is -0.831. The van der Waals surface area contributed by atoms with E-state index < -0.39 is 5.97 Å². The van der Waals surface area contributed by atoms with E-state index in [1.165, 1.54) is 11.3 Å². The summed E-state index contributed by atoms with van der Waals surface area (Å²) in [7, 11) is 0. The van der Waals surface area contributed by atoms with Gasteiger partial charge in [0.1, 0.15) is 5.01 Å². The molecule has 2 amide bonds. The van der Waals surface area contributed by atoms with E-state index in [9.17, 15) is 9.59 Å². The molecule has 0 unspecified atom stereocenters. The van der Waals surface area contributed by atoms with Gasteiger partial charge in [0.15, 0.2) is 0 Å². The third kappa shape index (κ3) is 4.17. The summed E-state index contributed by atoms with van der Waals surface area (Å²) in [6.07, 6.45) is 0. The quantitative estimate of drug-likeness (QED) is 0.838. The fraction of sp³-hybridized carbons (Fsp3) is 0.583. The van der Waals surface area contributed by atoms with E-state index in [-0.39, 0.29) is 12.6 Å². The number of amides is 2. The summed E-state index contributed by atoms with van der Waals surface area (Å²) in [5.41, 5.74) is 0.960. The largest absolute Gasteiger partial charge is 0.480 e. The molecule has 0 spiro atoms. The summed E-state index contributed by atoms with van der Waals surface area (Å²) in [6.45, 7) is 4.68. The predicted molar refractivity (Wildman–Crippen MR) is 74.7 cm³/mol. The first-order chi connectivity index (χ1) is 9.54. The number of hydrogen-bond acceptors (Lipinski definition) is 5. The molecule has 1 aliphatic heterocycles. The van der Waals surface area contributed by atoms with Crippen molar-refractivity contribution in [1.82, 2.24) is 20.1 Å². The molecule has 1 fully saturated rings. The lowest BCUT2D eigenvalue weighted by atomic mass is 10.3. The molecule has 20 heavy (non-hydrogen) atoms. The summed E-state index contributed by atoms with van der Waals surface area (Å²) < 4.78 is 0. The first-order valence-corrected chi connectivity index (χ1v) is 7.30. The van der Waals surface area contributed by atoms with Crippen molar-refractivity contribution >= 4 is 23.3 Å². The maximum atomic E-state index is 12.0. The van der Waals surface area contributed by atoms with E-state index in [1.54, 1.807) is 4.90 Å². The van der Waals surface area contributed by atoms with Crippen LogP contribution in [0.4, 0.5) is 4.79 Å². The van der Waals surface area contributed by atoms with Gasteiger partial charge in [-0.3, -0.25) is 9.69 Å². The highest BCUT2D eigenvalue weighted by atomic mass is 32.1. The minimum absolute atomic E-state index is 0.0356. The van der Waals surface area contributed by atoms with Crippen LogP contribution in [0.2, 0.25) is 0 Å². The molecular formula is C12H18N4O3S. The number of hydrogen-bond donors (Lipinski definition) is 2. The summed E-state index contributed by atoms with van der Waals surface area (Å²) >= 11 is 1.53. The number of aryl methyl sites for hydroxylation is 1. The highest BCUT2D eigenvalue weighted by molar-refractivity contribution is 7.09. The van der Waals surface area contributed by atoms with Crippen molar-refractivity contribution < 1.29 is 14.7 Å². The molecule has 1 saturated heterocycles. The SMILES string of the molecule is Cc1csc(CNC(=O)N2CCN(CC(=O)O)CC2)n1. The number of rotatable bonds is 4. The Bertz CT molecular complexity index is 483. The smallest absolute Gasteiger partial charge is 0.317 e. The Balaban J connectivity index is 1.73. The lowest BCUT2D eigenvalue weighted by molar-refractivity contribution is -0.138. The zero-order valence-electron chi connectivity index (χ0n) is 11.3. The maximum Gasteiger partial charge on any atom is 0.317 e. The van der Waals surface area contributed by atoms with E-state index in [0.29, 0.717) is 32.7 Å². The van der Waals surface area contributed by atoms with Crippen LogP contribution in [-0.2, 0) is 11.3 Å². The van der Waals surface area contributed by atoms with Crippen molar-refractivity contribution in [2.24, 2.45) is 0 Å². The number of carboxylic acid groups (broad SMARTS) is 1. The Kier molecular flexibility index (Phi) is 4.91. The van der Waals surface area contributed by atoms with Crippen LogP contribution in [0.15, 0.2) is 5.38 Å². The first-order valence-electron chi connectivity index (χ1n) is 6.42. The number of piperazine rings is 1. The van der Waals surface area contributed by atoms with Gasteiger partial charge in [-0.25, -0.2) is 9.78 Å². The van der Waals surface area contributed by atoms with Crippen molar-refractivity contribution in [3.8, 4) is 0 Å². The second-order valence-electron chi connectivity index (χ2n) is 4.70. The Morgan fingerprint density at radius 2 is 2.10 bits per heavy atom. The van der Waals surface area contributed by atoms with E-state index in [2.05, 4.69) is 10.3 Å². The van der Waals surface area contributed by atoms with Gasteiger partial charge in [-0.1, -0.05) is 0 Å². The van der Waals surface area contributed by atoms with Crippen molar-refractivity contribution in [1.29, 1.82) is 0 Å². The predicted octanol–water partition coefficient (Wildman–Crippen LogP) is 0.363. The van der Waals surface area contributed by atoms with Crippen LogP contribution >= 0.6 is 11.3 Å². The lowest BCUT2D eigenvalue weighted by Gasteiger charge is -2.33. The summed E-state index contributed by atoms with van der Waals surface area (Å²) in [6, 6.07) is -0.118. The number of thiazole rings is 1. The van der Waals surface area contributed by atoms with Gasteiger partial charge in [-0.2, -0.15) is 0 Å². The van der Waals surface area contributed by atoms with E-state index in [0.717, 1.165) is 10.7 Å². The third-order valence-corrected chi connectivity index (χ3v) is 4.04. The second-order valence-corrected chi connectivity index (χ2v) is 5.64. The first kappa shape index (κ1) is 14.7. The average molecular weight is 298 g/mol. The monoisotopic (exact) mass is 298 g/mol. The van der Waals surface area contributed by atoms with Gasteiger partial charge in [0.25, 0.3) is 0 Å². The third-order valence-electron chi connectivity index (χ3n) is 3.08. The average Bonchev–Trinajstić information content (AvgIpc) is 2.82. The molecule has 7 nitrogen and oxygen atoms in total. The fourth-order valence-electron chi connectivity index (χ4n) is 2.05. The second kappa shape index (κ2) is 6.67. The van der Waals surface area contributed by atoms with Gasteiger partial charge in [0.05, 0.1) is 13.1 Å². The molecule has 8 heteroatoms.